The van der Waals surface area contributed by atoms with E-state index in [2.05, 4.69) is 15.9 Å². The summed E-state index contributed by atoms with van der Waals surface area (Å²) in [7, 11) is 0. The van der Waals surface area contributed by atoms with E-state index in [1.54, 1.807) is 6.07 Å². The fourth-order valence-electron chi connectivity index (χ4n) is 2.80. The molecule has 2 nitrogen and oxygen atoms in total. The standard InChI is InChI=1S/C22H25BrFNO/c23-14-6-4-2-1-3-5-7-15-26-21-12-10-18(11-13-21)19-8-9-20(17-25)22(24)16-19/h8-13,16H,1-7,14-15H2. The van der Waals surface area contributed by atoms with Crippen LogP contribution in [0.4, 0.5) is 4.39 Å². The number of rotatable bonds is 11. The average molecular weight is 418 g/mol. The summed E-state index contributed by atoms with van der Waals surface area (Å²) in [6.45, 7) is 0.728. The fourth-order valence-corrected chi connectivity index (χ4v) is 3.20. The molecule has 0 radical (unpaired) electrons. The van der Waals surface area contributed by atoms with Gasteiger partial charge in [-0.15, -0.1) is 0 Å². The van der Waals surface area contributed by atoms with Crippen LogP contribution < -0.4 is 4.74 Å². The molecule has 0 fully saturated rings. The van der Waals surface area contributed by atoms with Crippen LogP contribution in [0.3, 0.4) is 0 Å². The average Bonchev–Trinajstić information content (AvgIpc) is 2.67. The van der Waals surface area contributed by atoms with Gasteiger partial charge in [0.1, 0.15) is 17.6 Å². The molecule has 0 aliphatic heterocycles. The lowest BCUT2D eigenvalue weighted by molar-refractivity contribution is 0.304. The topological polar surface area (TPSA) is 33.0 Å². The van der Waals surface area contributed by atoms with Crippen molar-refractivity contribution in [3.05, 3.63) is 53.8 Å². The zero-order chi connectivity index (χ0) is 18.6. The molecule has 0 saturated carbocycles. The first kappa shape index (κ1) is 20.5. The largest absolute Gasteiger partial charge is 0.494 e. The molecular formula is C22H25BrFNO. The number of halogens is 2. The third-order valence-electron chi connectivity index (χ3n) is 4.32. The zero-order valence-electron chi connectivity index (χ0n) is 15.0. The second-order valence-corrected chi connectivity index (χ2v) is 7.14. The molecule has 0 unspecified atom stereocenters. The van der Waals surface area contributed by atoms with Gasteiger partial charge in [-0.3, -0.25) is 0 Å². The number of alkyl halides is 1. The van der Waals surface area contributed by atoms with Gasteiger partial charge >= 0.3 is 0 Å². The molecule has 26 heavy (non-hydrogen) atoms. The van der Waals surface area contributed by atoms with Crippen LogP contribution in [0.5, 0.6) is 5.75 Å². The Balaban J connectivity index is 1.71. The molecule has 4 heteroatoms. The number of hydrogen-bond acceptors (Lipinski definition) is 2. The van der Waals surface area contributed by atoms with Gasteiger partial charge in [-0.05, 0) is 48.2 Å². The highest BCUT2D eigenvalue weighted by Gasteiger charge is 2.05. The van der Waals surface area contributed by atoms with E-state index in [1.807, 2.05) is 30.3 Å². The van der Waals surface area contributed by atoms with Crippen LogP contribution in [0.1, 0.15) is 50.5 Å². The number of unbranched alkanes of at least 4 members (excludes halogenated alkanes) is 6. The van der Waals surface area contributed by atoms with Gasteiger partial charge in [0, 0.05) is 5.33 Å². The summed E-state index contributed by atoms with van der Waals surface area (Å²) < 4.78 is 19.5. The van der Waals surface area contributed by atoms with Crippen LogP contribution in [-0.4, -0.2) is 11.9 Å². The van der Waals surface area contributed by atoms with Crippen molar-refractivity contribution in [3.8, 4) is 22.9 Å². The normalized spacial score (nSPS) is 10.5. The van der Waals surface area contributed by atoms with Crippen molar-refractivity contribution in [1.82, 2.24) is 0 Å². The van der Waals surface area contributed by atoms with Crippen LogP contribution in [0.2, 0.25) is 0 Å². The van der Waals surface area contributed by atoms with Crippen LogP contribution >= 0.6 is 15.9 Å². The predicted molar refractivity (Wildman–Crippen MR) is 108 cm³/mol. The van der Waals surface area contributed by atoms with Gasteiger partial charge in [-0.2, -0.15) is 5.26 Å². The second kappa shape index (κ2) is 11.7. The van der Waals surface area contributed by atoms with Crippen LogP contribution in [-0.2, 0) is 0 Å². The molecule has 0 N–H and O–H groups in total. The van der Waals surface area contributed by atoms with E-state index in [4.69, 9.17) is 10.00 Å². The lowest BCUT2D eigenvalue weighted by Crippen LogP contribution is -1.97. The number of hydrogen-bond donors (Lipinski definition) is 0. The van der Waals surface area contributed by atoms with E-state index in [0.717, 1.165) is 35.2 Å². The molecule has 0 atom stereocenters. The van der Waals surface area contributed by atoms with Gasteiger partial charge in [0.25, 0.3) is 0 Å². The van der Waals surface area contributed by atoms with Gasteiger partial charge in [0.05, 0.1) is 12.2 Å². The van der Waals surface area contributed by atoms with Crippen molar-refractivity contribution in [1.29, 1.82) is 5.26 Å². The van der Waals surface area contributed by atoms with Gasteiger partial charge in [-0.1, -0.05) is 66.2 Å². The first-order valence-electron chi connectivity index (χ1n) is 9.23. The highest BCUT2D eigenvalue weighted by Crippen LogP contribution is 2.24. The summed E-state index contributed by atoms with van der Waals surface area (Å²) in [5, 5.41) is 9.90. The number of ether oxygens (including phenoxy) is 1. The Bertz CT molecular complexity index is 709. The summed E-state index contributed by atoms with van der Waals surface area (Å²) in [5.74, 6) is 0.345. The molecule has 138 valence electrons. The molecule has 2 aromatic rings. The lowest BCUT2D eigenvalue weighted by Gasteiger charge is -2.08. The third kappa shape index (κ3) is 6.80. The third-order valence-corrected chi connectivity index (χ3v) is 4.88. The first-order chi connectivity index (χ1) is 12.7. The number of nitriles is 1. The van der Waals surface area contributed by atoms with E-state index in [-0.39, 0.29) is 5.56 Å². The van der Waals surface area contributed by atoms with Crippen molar-refractivity contribution >= 4 is 15.9 Å². The quantitative estimate of drug-likeness (QED) is 0.295. The molecule has 0 amide bonds. The minimum Gasteiger partial charge on any atom is -0.494 e. The highest BCUT2D eigenvalue weighted by atomic mass is 79.9. The Kier molecular flexibility index (Phi) is 9.20. The first-order valence-corrected chi connectivity index (χ1v) is 10.4. The minimum absolute atomic E-state index is 0.0665. The highest BCUT2D eigenvalue weighted by molar-refractivity contribution is 9.09. The summed E-state index contributed by atoms with van der Waals surface area (Å²) >= 11 is 3.46. The molecule has 0 aliphatic rings. The predicted octanol–water partition coefficient (Wildman–Crippen LogP) is 6.87. The van der Waals surface area contributed by atoms with Gasteiger partial charge in [0.15, 0.2) is 0 Å². The van der Waals surface area contributed by atoms with Crippen molar-refractivity contribution in [2.75, 3.05) is 11.9 Å². The Morgan fingerprint density at radius 1 is 0.846 bits per heavy atom. The molecule has 0 bridgehead atoms. The van der Waals surface area contributed by atoms with Crippen molar-refractivity contribution in [3.63, 3.8) is 0 Å². The SMILES string of the molecule is N#Cc1ccc(-c2ccc(OCCCCCCCCCBr)cc2)cc1F. The molecule has 0 aliphatic carbocycles. The summed E-state index contributed by atoms with van der Waals surface area (Å²) in [6, 6.07) is 14.1. The van der Waals surface area contributed by atoms with Crippen molar-refractivity contribution in [2.45, 2.75) is 44.9 Å². The minimum atomic E-state index is -0.488. The number of benzene rings is 2. The van der Waals surface area contributed by atoms with E-state index in [9.17, 15) is 4.39 Å². The Morgan fingerprint density at radius 3 is 2.08 bits per heavy atom. The maximum absolute atomic E-state index is 13.7. The molecule has 2 aromatic carbocycles. The molecular weight excluding hydrogens is 393 g/mol. The Morgan fingerprint density at radius 2 is 1.46 bits per heavy atom. The maximum Gasteiger partial charge on any atom is 0.141 e. The second-order valence-electron chi connectivity index (χ2n) is 6.34. The summed E-state index contributed by atoms with van der Waals surface area (Å²) in [6.07, 6.45) is 8.77. The van der Waals surface area contributed by atoms with Crippen molar-refractivity contribution in [2.24, 2.45) is 0 Å². The van der Waals surface area contributed by atoms with Crippen LogP contribution in [0.15, 0.2) is 42.5 Å². The van der Waals surface area contributed by atoms with Crippen LogP contribution in [0.25, 0.3) is 11.1 Å². The van der Waals surface area contributed by atoms with E-state index < -0.39 is 5.82 Å². The Hall–Kier alpha value is -1.86. The van der Waals surface area contributed by atoms with E-state index >= 15 is 0 Å². The lowest BCUT2D eigenvalue weighted by atomic mass is 10.0. The van der Waals surface area contributed by atoms with Crippen molar-refractivity contribution < 1.29 is 9.13 Å². The van der Waals surface area contributed by atoms with Gasteiger partial charge in [0.2, 0.25) is 0 Å². The molecule has 0 spiro atoms. The number of nitrogens with zero attached hydrogens (tertiary/aromatic N) is 1. The summed E-state index contributed by atoms with van der Waals surface area (Å²) in [4.78, 5) is 0. The van der Waals surface area contributed by atoms with E-state index in [1.165, 1.54) is 50.7 Å². The fraction of sp³-hybridized carbons (Fsp3) is 0.409. The molecule has 2 rings (SSSR count). The van der Waals surface area contributed by atoms with E-state index in [0.29, 0.717) is 0 Å². The van der Waals surface area contributed by atoms with Gasteiger partial charge < -0.3 is 4.74 Å². The smallest absolute Gasteiger partial charge is 0.141 e. The molecule has 0 aromatic heterocycles. The Labute approximate surface area is 164 Å². The molecule has 0 saturated heterocycles. The van der Waals surface area contributed by atoms with Crippen LogP contribution in [0, 0.1) is 17.1 Å². The van der Waals surface area contributed by atoms with Gasteiger partial charge in [-0.25, -0.2) is 4.39 Å². The maximum atomic E-state index is 13.7. The monoisotopic (exact) mass is 417 g/mol. The zero-order valence-corrected chi connectivity index (χ0v) is 16.6. The summed E-state index contributed by atoms with van der Waals surface area (Å²) in [5.41, 5.74) is 1.73. The molecule has 0 heterocycles.